The maximum Gasteiger partial charge on any atom is 0.184 e. The molecule has 0 aliphatic heterocycles. The molecule has 1 rings (SSSR count). The summed E-state index contributed by atoms with van der Waals surface area (Å²) in [5, 5.41) is 0. The first kappa shape index (κ1) is 8.33. The number of rotatable bonds is 3. The van der Waals surface area contributed by atoms with Gasteiger partial charge in [-0.25, -0.2) is 0 Å². The molecule has 0 bridgehead atoms. The molecule has 0 amide bonds. The van der Waals surface area contributed by atoms with E-state index in [1.54, 1.807) is 0 Å². The van der Waals surface area contributed by atoms with Crippen molar-refractivity contribution in [3.05, 3.63) is 11.9 Å². The van der Waals surface area contributed by atoms with Gasteiger partial charge in [0.15, 0.2) is 5.78 Å². The van der Waals surface area contributed by atoms with Gasteiger partial charge in [-0.1, -0.05) is 13.8 Å². The number of ketones is 1. The molecule has 0 fully saturated rings. The Morgan fingerprint density at radius 2 is 2.45 bits per heavy atom. The zero-order chi connectivity index (χ0) is 8.27. The highest BCUT2D eigenvalue weighted by atomic mass is 32.1. The normalized spacial score (nSPS) is 10.5. The Hall–Kier alpha value is -0.770. The third-order valence-corrected chi connectivity index (χ3v) is 1.72. The lowest BCUT2D eigenvalue weighted by Gasteiger charge is -1.98. The van der Waals surface area contributed by atoms with Crippen LogP contribution in [0.5, 0.6) is 0 Å². The summed E-state index contributed by atoms with van der Waals surface area (Å²) in [6, 6.07) is 0. The van der Waals surface area contributed by atoms with E-state index in [2.05, 4.69) is 8.75 Å². The summed E-state index contributed by atoms with van der Waals surface area (Å²) in [5.41, 5.74) is 0.503. The third kappa shape index (κ3) is 2.38. The lowest BCUT2D eigenvalue weighted by molar-refractivity contribution is 0.0964. The maximum absolute atomic E-state index is 11.2. The minimum Gasteiger partial charge on any atom is -0.292 e. The second kappa shape index (κ2) is 3.57. The van der Waals surface area contributed by atoms with Gasteiger partial charge in [-0.05, 0) is 5.92 Å². The largest absolute Gasteiger partial charge is 0.292 e. The van der Waals surface area contributed by atoms with Gasteiger partial charge in [-0.15, -0.1) is 0 Å². The fourth-order valence-corrected chi connectivity index (χ4v) is 1.19. The van der Waals surface area contributed by atoms with E-state index in [-0.39, 0.29) is 5.78 Å². The van der Waals surface area contributed by atoms with Crippen LogP contribution >= 0.6 is 11.7 Å². The predicted molar refractivity (Wildman–Crippen MR) is 43.7 cm³/mol. The van der Waals surface area contributed by atoms with E-state index in [9.17, 15) is 4.79 Å². The van der Waals surface area contributed by atoms with Crippen LogP contribution in [0.15, 0.2) is 6.20 Å². The molecule has 11 heavy (non-hydrogen) atoms. The zero-order valence-corrected chi connectivity index (χ0v) is 7.39. The average Bonchev–Trinajstić information content (AvgIpc) is 2.35. The Kier molecular flexibility index (Phi) is 2.70. The van der Waals surface area contributed by atoms with Gasteiger partial charge in [0.25, 0.3) is 0 Å². The number of Topliss-reactive ketones (excluding diaryl/α,β-unsaturated/α-hetero) is 1. The number of nitrogens with zero attached hydrogens (tertiary/aromatic N) is 2. The van der Waals surface area contributed by atoms with Crippen LogP contribution in [-0.4, -0.2) is 14.5 Å². The van der Waals surface area contributed by atoms with Gasteiger partial charge >= 0.3 is 0 Å². The van der Waals surface area contributed by atoms with Crippen molar-refractivity contribution in [2.45, 2.75) is 20.3 Å². The molecule has 1 aromatic rings. The van der Waals surface area contributed by atoms with E-state index < -0.39 is 0 Å². The second-order valence-electron chi connectivity index (χ2n) is 2.81. The van der Waals surface area contributed by atoms with Crippen molar-refractivity contribution < 1.29 is 4.79 Å². The van der Waals surface area contributed by atoms with Crippen LogP contribution in [0.1, 0.15) is 30.8 Å². The maximum atomic E-state index is 11.2. The quantitative estimate of drug-likeness (QED) is 0.649. The molecule has 3 nitrogen and oxygen atoms in total. The van der Waals surface area contributed by atoms with E-state index >= 15 is 0 Å². The Morgan fingerprint density at radius 1 is 1.73 bits per heavy atom. The van der Waals surface area contributed by atoms with Crippen molar-refractivity contribution >= 4 is 17.5 Å². The van der Waals surface area contributed by atoms with Gasteiger partial charge < -0.3 is 0 Å². The first-order chi connectivity index (χ1) is 5.20. The standard InChI is InChI=1S/C7H10N2OS/c1-5(2)3-7(10)6-4-8-11-9-6/h4-5H,3H2,1-2H3. The van der Waals surface area contributed by atoms with Crippen LogP contribution in [0.4, 0.5) is 0 Å². The number of carbonyl (C=O) groups is 1. The summed E-state index contributed by atoms with van der Waals surface area (Å²) in [5.74, 6) is 0.484. The van der Waals surface area contributed by atoms with Crippen LogP contribution in [0.3, 0.4) is 0 Å². The van der Waals surface area contributed by atoms with E-state index in [1.807, 2.05) is 13.8 Å². The first-order valence-corrected chi connectivity index (χ1v) is 4.24. The van der Waals surface area contributed by atoms with Crippen molar-refractivity contribution in [3.63, 3.8) is 0 Å². The summed E-state index contributed by atoms with van der Waals surface area (Å²) in [4.78, 5) is 11.2. The molecule has 1 aromatic heterocycles. The molecule has 0 saturated carbocycles. The summed E-state index contributed by atoms with van der Waals surface area (Å²) in [6.07, 6.45) is 2.08. The fraction of sp³-hybridized carbons (Fsp3) is 0.571. The van der Waals surface area contributed by atoms with Crippen molar-refractivity contribution in [2.75, 3.05) is 0 Å². The summed E-state index contributed by atoms with van der Waals surface area (Å²) < 4.78 is 7.61. The number of hydrogen-bond donors (Lipinski definition) is 0. The fourth-order valence-electron chi connectivity index (χ4n) is 0.763. The van der Waals surface area contributed by atoms with Crippen LogP contribution in [0, 0.1) is 5.92 Å². The molecule has 0 spiro atoms. The molecule has 0 N–H and O–H groups in total. The molecule has 0 unspecified atom stereocenters. The van der Waals surface area contributed by atoms with Crippen molar-refractivity contribution in [3.8, 4) is 0 Å². The molecule has 0 radical (unpaired) electrons. The third-order valence-electron chi connectivity index (χ3n) is 1.24. The summed E-state index contributed by atoms with van der Waals surface area (Å²) in [6.45, 7) is 4.02. The molecule has 0 aliphatic carbocycles. The van der Waals surface area contributed by atoms with E-state index in [1.165, 1.54) is 6.20 Å². The number of aromatic nitrogens is 2. The lowest BCUT2D eigenvalue weighted by Crippen LogP contribution is -2.03. The van der Waals surface area contributed by atoms with Crippen LogP contribution in [-0.2, 0) is 0 Å². The first-order valence-electron chi connectivity index (χ1n) is 3.51. The van der Waals surface area contributed by atoms with Gasteiger partial charge in [0, 0.05) is 6.42 Å². The predicted octanol–water partition coefficient (Wildman–Crippen LogP) is 1.77. The average molecular weight is 170 g/mol. The minimum absolute atomic E-state index is 0.0914. The molecular weight excluding hydrogens is 160 g/mol. The molecule has 60 valence electrons. The van der Waals surface area contributed by atoms with Gasteiger partial charge in [0.1, 0.15) is 5.69 Å². The number of hydrogen-bond acceptors (Lipinski definition) is 4. The Morgan fingerprint density at radius 3 is 2.91 bits per heavy atom. The zero-order valence-electron chi connectivity index (χ0n) is 6.57. The van der Waals surface area contributed by atoms with Crippen molar-refractivity contribution in [1.29, 1.82) is 0 Å². The summed E-state index contributed by atoms with van der Waals surface area (Å²) in [7, 11) is 0. The summed E-state index contributed by atoms with van der Waals surface area (Å²) >= 11 is 1.07. The minimum atomic E-state index is 0.0914. The van der Waals surface area contributed by atoms with E-state index in [0.717, 1.165) is 11.7 Å². The van der Waals surface area contributed by atoms with Crippen LogP contribution < -0.4 is 0 Å². The Labute approximate surface area is 69.8 Å². The van der Waals surface area contributed by atoms with E-state index in [4.69, 9.17) is 0 Å². The van der Waals surface area contributed by atoms with Gasteiger partial charge in [-0.3, -0.25) is 4.79 Å². The van der Waals surface area contributed by atoms with Crippen LogP contribution in [0.2, 0.25) is 0 Å². The molecule has 0 atom stereocenters. The highest BCUT2D eigenvalue weighted by Crippen LogP contribution is 2.06. The smallest absolute Gasteiger partial charge is 0.184 e. The van der Waals surface area contributed by atoms with Gasteiger partial charge in [0.2, 0.25) is 0 Å². The molecule has 0 saturated heterocycles. The molecular formula is C7H10N2OS. The van der Waals surface area contributed by atoms with E-state index in [0.29, 0.717) is 18.0 Å². The van der Waals surface area contributed by atoms with Gasteiger partial charge in [0.05, 0.1) is 17.9 Å². The highest BCUT2D eigenvalue weighted by Gasteiger charge is 2.09. The van der Waals surface area contributed by atoms with Crippen molar-refractivity contribution in [2.24, 2.45) is 5.92 Å². The molecule has 0 aromatic carbocycles. The lowest BCUT2D eigenvalue weighted by atomic mass is 10.1. The molecule has 0 aliphatic rings. The van der Waals surface area contributed by atoms with Gasteiger partial charge in [-0.2, -0.15) is 8.75 Å². The monoisotopic (exact) mass is 170 g/mol. The molecule has 1 heterocycles. The SMILES string of the molecule is CC(C)CC(=O)c1cnsn1. The topological polar surface area (TPSA) is 42.9 Å². The highest BCUT2D eigenvalue weighted by molar-refractivity contribution is 6.99. The van der Waals surface area contributed by atoms with Crippen LogP contribution in [0.25, 0.3) is 0 Å². The Balaban J connectivity index is 2.57. The Bertz CT molecular complexity index is 231. The molecule has 4 heteroatoms. The second-order valence-corrected chi connectivity index (χ2v) is 3.37. The van der Waals surface area contributed by atoms with Crippen molar-refractivity contribution in [1.82, 2.24) is 8.75 Å². The number of carbonyl (C=O) groups excluding carboxylic acids is 1.